The van der Waals surface area contributed by atoms with Crippen molar-refractivity contribution in [1.29, 1.82) is 0 Å². The van der Waals surface area contributed by atoms with Crippen molar-refractivity contribution in [3.05, 3.63) is 42.5 Å². The van der Waals surface area contributed by atoms with Gasteiger partial charge in [0.2, 0.25) is 10.0 Å². The lowest BCUT2D eigenvalue weighted by Gasteiger charge is -2.16. The zero-order valence-electron chi connectivity index (χ0n) is 14.1. The number of rotatable bonds is 7. The molecule has 0 unspecified atom stereocenters. The molecule has 1 amide bonds. The highest BCUT2D eigenvalue weighted by Gasteiger charge is 2.28. The van der Waals surface area contributed by atoms with E-state index in [4.69, 9.17) is 4.74 Å². The molecule has 1 atom stereocenters. The number of hydrogen-bond donors (Lipinski definition) is 1. The summed E-state index contributed by atoms with van der Waals surface area (Å²) in [6, 6.07) is 5.68. The molecular formula is C17H22N2O5S. The maximum atomic E-state index is 12.6. The molecule has 1 fully saturated rings. The largest absolute Gasteiger partial charge is 0.449 e. The Kier molecular flexibility index (Phi) is 6.33. The van der Waals surface area contributed by atoms with Crippen molar-refractivity contribution in [2.24, 2.45) is 0 Å². The number of amides is 1. The molecule has 0 aliphatic carbocycles. The average molecular weight is 366 g/mol. The van der Waals surface area contributed by atoms with Gasteiger partial charge in [-0.25, -0.2) is 13.2 Å². The molecule has 1 heterocycles. The Labute approximate surface area is 147 Å². The molecule has 0 radical (unpaired) electrons. The summed E-state index contributed by atoms with van der Waals surface area (Å²) in [5.74, 6) is -1.20. The first-order valence-electron chi connectivity index (χ1n) is 8.06. The van der Waals surface area contributed by atoms with Gasteiger partial charge in [-0.05, 0) is 38.0 Å². The van der Waals surface area contributed by atoms with Crippen LogP contribution in [0.15, 0.2) is 41.8 Å². The lowest BCUT2D eigenvalue weighted by Crippen LogP contribution is -2.35. The van der Waals surface area contributed by atoms with E-state index in [1.54, 1.807) is 0 Å². The van der Waals surface area contributed by atoms with Crippen LogP contribution in [0.3, 0.4) is 0 Å². The molecule has 136 valence electrons. The van der Waals surface area contributed by atoms with Crippen LogP contribution >= 0.6 is 0 Å². The highest BCUT2D eigenvalue weighted by Crippen LogP contribution is 2.22. The van der Waals surface area contributed by atoms with Crippen molar-refractivity contribution in [3.8, 4) is 0 Å². The Hall–Kier alpha value is -2.19. The fraction of sp³-hybridized carbons (Fsp3) is 0.412. The molecule has 1 aromatic rings. The number of esters is 1. The molecule has 1 aliphatic heterocycles. The molecule has 7 nitrogen and oxygen atoms in total. The Morgan fingerprint density at radius 3 is 2.68 bits per heavy atom. The number of carbonyl (C=O) groups excluding carboxylic acids is 2. The predicted octanol–water partition coefficient (Wildman–Crippen LogP) is 1.32. The van der Waals surface area contributed by atoms with Gasteiger partial charge >= 0.3 is 5.97 Å². The van der Waals surface area contributed by atoms with Gasteiger partial charge in [0.25, 0.3) is 5.91 Å². The topological polar surface area (TPSA) is 92.8 Å². The van der Waals surface area contributed by atoms with Crippen LogP contribution in [-0.2, 0) is 19.6 Å². The second-order valence-corrected chi connectivity index (χ2v) is 7.66. The van der Waals surface area contributed by atoms with Crippen LogP contribution in [0.1, 0.15) is 30.1 Å². The normalized spacial score (nSPS) is 16.2. The molecule has 0 bridgehead atoms. The van der Waals surface area contributed by atoms with E-state index in [-0.39, 0.29) is 17.0 Å². The molecule has 8 heteroatoms. The Bertz CT molecular complexity index is 754. The molecule has 1 aliphatic rings. The second-order valence-electron chi connectivity index (χ2n) is 5.72. The number of sulfonamides is 1. The highest BCUT2D eigenvalue weighted by molar-refractivity contribution is 7.89. The number of nitrogens with one attached hydrogen (secondary N) is 1. The maximum Gasteiger partial charge on any atom is 0.338 e. The van der Waals surface area contributed by atoms with Crippen molar-refractivity contribution in [2.45, 2.75) is 30.8 Å². The van der Waals surface area contributed by atoms with E-state index in [1.165, 1.54) is 41.6 Å². The summed E-state index contributed by atoms with van der Waals surface area (Å²) in [5, 5.41) is 2.52. The fourth-order valence-corrected chi connectivity index (χ4v) is 4.02. The first kappa shape index (κ1) is 19.1. The van der Waals surface area contributed by atoms with E-state index in [0.717, 1.165) is 12.8 Å². The Morgan fingerprint density at radius 1 is 1.36 bits per heavy atom. The van der Waals surface area contributed by atoms with Gasteiger partial charge in [0.05, 0.1) is 10.5 Å². The standard InChI is InChI=1S/C17H22N2O5S/c1-3-9-18-16(20)13(2)24-17(21)14-7-6-8-15(12-14)25(22,23)19-10-4-5-11-19/h3,6-8,12-13H,1,4-5,9-11H2,2H3,(H,18,20)/t13-/m1/s1. The fourth-order valence-electron chi connectivity index (χ4n) is 2.46. The van der Waals surface area contributed by atoms with Crippen molar-refractivity contribution in [2.75, 3.05) is 19.6 Å². The molecule has 0 spiro atoms. The van der Waals surface area contributed by atoms with Gasteiger partial charge in [-0.1, -0.05) is 12.1 Å². The molecule has 0 aromatic heterocycles. The lowest BCUT2D eigenvalue weighted by atomic mass is 10.2. The van der Waals surface area contributed by atoms with Crippen molar-refractivity contribution in [1.82, 2.24) is 9.62 Å². The summed E-state index contributed by atoms with van der Waals surface area (Å²) in [4.78, 5) is 24.0. The van der Waals surface area contributed by atoms with Gasteiger partial charge in [0.15, 0.2) is 6.10 Å². The minimum atomic E-state index is -3.62. The zero-order valence-corrected chi connectivity index (χ0v) is 14.9. The van der Waals surface area contributed by atoms with Crippen molar-refractivity contribution >= 4 is 21.9 Å². The van der Waals surface area contributed by atoms with Crippen LogP contribution in [0, 0.1) is 0 Å². The number of benzene rings is 1. The summed E-state index contributed by atoms with van der Waals surface area (Å²) in [6.07, 6.45) is 2.18. The summed E-state index contributed by atoms with van der Waals surface area (Å²) < 4.78 is 31.6. The van der Waals surface area contributed by atoms with Crippen LogP contribution in [0.5, 0.6) is 0 Å². The first-order chi connectivity index (χ1) is 11.9. The van der Waals surface area contributed by atoms with E-state index >= 15 is 0 Å². The molecular weight excluding hydrogens is 344 g/mol. The molecule has 1 aromatic carbocycles. The number of nitrogens with zero attached hydrogens (tertiary/aromatic N) is 1. The number of carbonyl (C=O) groups is 2. The second kappa shape index (κ2) is 8.26. The van der Waals surface area contributed by atoms with E-state index < -0.39 is 28.0 Å². The van der Waals surface area contributed by atoms with Gasteiger partial charge in [-0.2, -0.15) is 4.31 Å². The summed E-state index contributed by atoms with van der Waals surface area (Å²) >= 11 is 0. The van der Waals surface area contributed by atoms with Gasteiger partial charge in [-0.15, -0.1) is 6.58 Å². The van der Waals surface area contributed by atoms with E-state index in [1.807, 2.05) is 0 Å². The van der Waals surface area contributed by atoms with Gasteiger partial charge < -0.3 is 10.1 Å². The first-order valence-corrected chi connectivity index (χ1v) is 9.50. The lowest BCUT2D eigenvalue weighted by molar-refractivity contribution is -0.128. The van der Waals surface area contributed by atoms with Crippen molar-refractivity contribution < 1.29 is 22.7 Å². The van der Waals surface area contributed by atoms with E-state index in [9.17, 15) is 18.0 Å². The quantitative estimate of drug-likeness (QED) is 0.580. The maximum absolute atomic E-state index is 12.6. The SMILES string of the molecule is C=CCNC(=O)[C@@H](C)OC(=O)c1cccc(S(=O)(=O)N2CCCC2)c1. The van der Waals surface area contributed by atoms with Crippen LogP contribution in [0.25, 0.3) is 0 Å². The number of hydrogen-bond acceptors (Lipinski definition) is 5. The van der Waals surface area contributed by atoms with Crippen LogP contribution in [0.2, 0.25) is 0 Å². The van der Waals surface area contributed by atoms with Crippen LogP contribution in [-0.4, -0.2) is 50.3 Å². The molecule has 1 N–H and O–H groups in total. The third-order valence-electron chi connectivity index (χ3n) is 3.85. The Morgan fingerprint density at radius 2 is 2.04 bits per heavy atom. The zero-order chi connectivity index (χ0) is 18.4. The smallest absolute Gasteiger partial charge is 0.338 e. The van der Waals surface area contributed by atoms with Gasteiger partial charge in [0, 0.05) is 19.6 Å². The minimum Gasteiger partial charge on any atom is -0.449 e. The molecule has 0 saturated carbocycles. The third kappa shape index (κ3) is 4.67. The van der Waals surface area contributed by atoms with Crippen molar-refractivity contribution in [3.63, 3.8) is 0 Å². The Balaban J connectivity index is 2.11. The van der Waals surface area contributed by atoms with Gasteiger partial charge in [0.1, 0.15) is 0 Å². The molecule has 2 rings (SSSR count). The molecule has 25 heavy (non-hydrogen) atoms. The monoisotopic (exact) mass is 366 g/mol. The van der Waals surface area contributed by atoms with Gasteiger partial charge in [-0.3, -0.25) is 4.79 Å². The summed E-state index contributed by atoms with van der Waals surface area (Å²) in [5.41, 5.74) is 0.0867. The van der Waals surface area contributed by atoms with Crippen LogP contribution in [0.4, 0.5) is 0 Å². The third-order valence-corrected chi connectivity index (χ3v) is 5.74. The predicted molar refractivity (Wildman–Crippen MR) is 92.5 cm³/mol. The molecule has 1 saturated heterocycles. The van der Waals surface area contributed by atoms with E-state index in [2.05, 4.69) is 11.9 Å². The van der Waals surface area contributed by atoms with Crippen LogP contribution < -0.4 is 5.32 Å². The summed E-state index contributed by atoms with van der Waals surface area (Å²) in [7, 11) is -3.62. The minimum absolute atomic E-state index is 0.0487. The highest BCUT2D eigenvalue weighted by atomic mass is 32.2. The number of ether oxygens (including phenoxy) is 1. The van der Waals surface area contributed by atoms with E-state index in [0.29, 0.717) is 13.1 Å². The average Bonchev–Trinajstić information content (AvgIpc) is 3.15. The summed E-state index contributed by atoms with van der Waals surface area (Å²) in [6.45, 7) is 6.16.